The van der Waals surface area contributed by atoms with Crippen molar-refractivity contribution in [2.24, 2.45) is 5.73 Å². The summed E-state index contributed by atoms with van der Waals surface area (Å²) in [5.41, 5.74) is 10.5. The number of benzene rings is 1. The van der Waals surface area contributed by atoms with Gasteiger partial charge in [-0.25, -0.2) is 0 Å². The Morgan fingerprint density at radius 3 is 2.56 bits per heavy atom. The van der Waals surface area contributed by atoms with Crippen LogP contribution in [0.5, 0.6) is 5.75 Å². The van der Waals surface area contributed by atoms with E-state index in [1.807, 2.05) is 19.1 Å². The predicted molar refractivity (Wildman–Crippen MR) is 70.5 cm³/mol. The lowest BCUT2D eigenvalue weighted by Gasteiger charge is -2.18. The Morgan fingerprint density at radius 1 is 1.17 bits per heavy atom. The number of hydrogen-bond acceptors (Lipinski definition) is 4. The molecule has 2 rings (SSSR count). The second-order valence-corrected chi connectivity index (χ2v) is 4.28. The molecule has 1 atom stereocenters. The van der Waals surface area contributed by atoms with E-state index in [9.17, 15) is 0 Å². The average molecular weight is 243 g/mol. The van der Waals surface area contributed by atoms with Crippen molar-refractivity contribution in [1.82, 2.24) is 10.2 Å². The summed E-state index contributed by atoms with van der Waals surface area (Å²) in [6.45, 7) is 4.09. The second-order valence-electron chi connectivity index (χ2n) is 4.28. The SMILES string of the molecule is COc1c(C(N)c2ccnnc2)ccc(C)c1C. The van der Waals surface area contributed by atoms with Crippen molar-refractivity contribution < 1.29 is 4.74 Å². The first kappa shape index (κ1) is 12.5. The molecule has 4 nitrogen and oxygen atoms in total. The van der Waals surface area contributed by atoms with E-state index >= 15 is 0 Å². The van der Waals surface area contributed by atoms with Crippen molar-refractivity contribution in [2.45, 2.75) is 19.9 Å². The van der Waals surface area contributed by atoms with Crippen LogP contribution in [-0.4, -0.2) is 17.3 Å². The molecule has 1 unspecified atom stereocenters. The van der Waals surface area contributed by atoms with Gasteiger partial charge < -0.3 is 10.5 Å². The number of nitrogens with two attached hydrogens (primary N) is 1. The lowest BCUT2D eigenvalue weighted by molar-refractivity contribution is 0.404. The molecule has 1 heterocycles. The standard InChI is InChI=1S/C14H17N3O/c1-9-4-5-12(14(18-3)10(9)2)13(15)11-6-7-16-17-8-11/h4-8,13H,15H2,1-3H3. The minimum absolute atomic E-state index is 0.255. The summed E-state index contributed by atoms with van der Waals surface area (Å²) < 4.78 is 5.48. The Labute approximate surface area is 107 Å². The molecule has 0 aliphatic rings. The van der Waals surface area contributed by atoms with Gasteiger partial charge in [0, 0.05) is 11.8 Å². The second kappa shape index (κ2) is 5.14. The van der Waals surface area contributed by atoms with E-state index in [0.717, 1.165) is 22.4 Å². The zero-order valence-electron chi connectivity index (χ0n) is 10.8. The normalized spacial score (nSPS) is 12.2. The Balaban J connectivity index is 2.49. The van der Waals surface area contributed by atoms with Crippen molar-refractivity contribution in [3.8, 4) is 5.75 Å². The largest absolute Gasteiger partial charge is 0.496 e. The Hall–Kier alpha value is -1.94. The molecule has 4 heteroatoms. The number of ether oxygens (including phenoxy) is 1. The van der Waals surface area contributed by atoms with Crippen molar-refractivity contribution in [1.29, 1.82) is 0 Å². The Kier molecular flexibility index (Phi) is 3.58. The molecule has 0 spiro atoms. The summed E-state index contributed by atoms with van der Waals surface area (Å²) in [6, 6.07) is 5.68. The maximum atomic E-state index is 6.26. The average Bonchev–Trinajstić information content (AvgIpc) is 2.42. The van der Waals surface area contributed by atoms with Crippen LogP contribution in [0, 0.1) is 13.8 Å². The van der Waals surface area contributed by atoms with Gasteiger partial charge in [-0.3, -0.25) is 0 Å². The molecular weight excluding hydrogens is 226 g/mol. The molecule has 2 N–H and O–H groups in total. The van der Waals surface area contributed by atoms with E-state index in [1.165, 1.54) is 5.56 Å². The smallest absolute Gasteiger partial charge is 0.127 e. The third-order valence-corrected chi connectivity index (χ3v) is 3.21. The molecule has 0 amide bonds. The monoisotopic (exact) mass is 243 g/mol. The Morgan fingerprint density at radius 2 is 1.94 bits per heavy atom. The first-order valence-electron chi connectivity index (χ1n) is 5.81. The summed E-state index contributed by atoms with van der Waals surface area (Å²) in [5, 5.41) is 7.61. The van der Waals surface area contributed by atoms with Crippen LogP contribution in [0.15, 0.2) is 30.6 Å². The van der Waals surface area contributed by atoms with Gasteiger partial charge in [0.1, 0.15) is 5.75 Å². The van der Waals surface area contributed by atoms with Crippen LogP contribution in [0.1, 0.15) is 28.3 Å². The highest BCUT2D eigenvalue weighted by atomic mass is 16.5. The van der Waals surface area contributed by atoms with Gasteiger partial charge in [0.2, 0.25) is 0 Å². The van der Waals surface area contributed by atoms with E-state index in [1.54, 1.807) is 19.5 Å². The number of nitrogens with zero attached hydrogens (tertiary/aromatic N) is 2. The van der Waals surface area contributed by atoms with Crippen LogP contribution in [0.3, 0.4) is 0 Å². The van der Waals surface area contributed by atoms with Gasteiger partial charge in [0.15, 0.2) is 0 Å². The minimum Gasteiger partial charge on any atom is -0.496 e. The molecule has 2 aromatic rings. The molecule has 18 heavy (non-hydrogen) atoms. The van der Waals surface area contributed by atoms with E-state index in [2.05, 4.69) is 23.2 Å². The molecule has 1 aromatic carbocycles. The van der Waals surface area contributed by atoms with E-state index in [4.69, 9.17) is 10.5 Å². The van der Waals surface area contributed by atoms with Gasteiger partial charge in [-0.2, -0.15) is 10.2 Å². The van der Waals surface area contributed by atoms with Gasteiger partial charge >= 0.3 is 0 Å². The molecule has 0 radical (unpaired) electrons. The number of rotatable bonds is 3. The summed E-state index contributed by atoms with van der Waals surface area (Å²) in [6.07, 6.45) is 3.32. The van der Waals surface area contributed by atoms with Crippen LogP contribution < -0.4 is 10.5 Å². The summed E-state index contributed by atoms with van der Waals surface area (Å²) >= 11 is 0. The minimum atomic E-state index is -0.255. The topological polar surface area (TPSA) is 61.0 Å². The molecule has 0 aliphatic carbocycles. The third-order valence-electron chi connectivity index (χ3n) is 3.21. The van der Waals surface area contributed by atoms with Gasteiger partial charge in [-0.05, 0) is 36.6 Å². The third kappa shape index (κ3) is 2.19. The molecule has 0 fully saturated rings. The quantitative estimate of drug-likeness (QED) is 0.897. The number of aromatic nitrogens is 2. The number of aryl methyl sites for hydroxylation is 1. The molecule has 94 valence electrons. The van der Waals surface area contributed by atoms with E-state index in [-0.39, 0.29) is 6.04 Å². The highest BCUT2D eigenvalue weighted by Gasteiger charge is 2.16. The molecule has 0 aliphatic heterocycles. The van der Waals surface area contributed by atoms with Gasteiger partial charge in [-0.1, -0.05) is 12.1 Å². The fraction of sp³-hybridized carbons (Fsp3) is 0.286. The van der Waals surface area contributed by atoms with Crippen LogP contribution in [0.2, 0.25) is 0 Å². The van der Waals surface area contributed by atoms with Crippen molar-refractivity contribution in [3.63, 3.8) is 0 Å². The predicted octanol–water partition coefficient (Wildman–Crippen LogP) is 2.15. The lowest BCUT2D eigenvalue weighted by atomic mass is 9.96. The zero-order valence-corrected chi connectivity index (χ0v) is 10.8. The Bertz CT molecular complexity index is 540. The van der Waals surface area contributed by atoms with E-state index < -0.39 is 0 Å². The van der Waals surface area contributed by atoms with Gasteiger partial charge in [0.25, 0.3) is 0 Å². The van der Waals surface area contributed by atoms with Crippen molar-refractivity contribution >= 4 is 0 Å². The summed E-state index contributed by atoms with van der Waals surface area (Å²) in [5.74, 6) is 0.847. The summed E-state index contributed by atoms with van der Waals surface area (Å²) in [4.78, 5) is 0. The fourth-order valence-electron chi connectivity index (χ4n) is 1.99. The van der Waals surface area contributed by atoms with Crippen LogP contribution in [0.25, 0.3) is 0 Å². The van der Waals surface area contributed by atoms with Crippen LogP contribution >= 0.6 is 0 Å². The molecular formula is C14H17N3O. The first-order valence-corrected chi connectivity index (χ1v) is 5.81. The zero-order chi connectivity index (χ0) is 13.1. The van der Waals surface area contributed by atoms with Gasteiger partial charge in [0.05, 0.1) is 19.3 Å². The van der Waals surface area contributed by atoms with Crippen LogP contribution in [0.4, 0.5) is 0 Å². The molecule has 0 saturated carbocycles. The van der Waals surface area contributed by atoms with Gasteiger partial charge in [-0.15, -0.1) is 0 Å². The fourth-order valence-corrected chi connectivity index (χ4v) is 1.99. The summed E-state index contributed by atoms with van der Waals surface area (Å²) in [7, 11) is 1.67. The maximum absolute atomic E-state index is 6.26. The number of hydrogen-bond donors (Lipinski definition) is 1. The van der Waals surface area contributed by atoms with Crippen LogP contribution in [-0.2, 0) is 0 Å². The van der Waals surface area contributed by atoms with E-state index in [0.29, 0.717) is 0 Å². The molecule has 0 saturated heterocycles. The highest BCUT2D eigenvalue weighted by molar-refractivity contribution is 5.49. The maximum Gasteiger partial charge on any atom is 0.127 e. The number of methoxy groups -OCH3 is 1. The molecule has 1 aromatic heterocycles. The van der Waals surface area contributed by atoms with Crippen molar-refractivity contribution in [2.75, 3.05) is 7.11 Å². The van der Waals surface area contributed by atoms with Crippen molar-refractivity contribution in [3.05, 3.63) is 52.8 Å². The molecule has 0 bridgehead atoms. The first-order chi connectivity index (χ1) is 8.65. The highest BCUT2D eigenvalue weighted by Crippen LogP contribution is 2.32. The lowest BCUT2D eigenvalue weighted by Crippen LogP contribution is -2.14.